The molecule has 0 aromatic heterocycles. The minimum atomic E-state index is -1.28. The van der Waals surface area contributed by atoms with Gasteiger partial charge in [0.15, 0.2) is 0 Å². The van der Waals surface area contributed by atoms with Gasteiger partial charge in [-0.25, -0.2) is 0 Å². The molecule has 0 heterocycles. The van der Waals surface area contributed by atoms with E-state index in [1.165, 1.54) is 0 Å². The standard InChI is InChI=1S/C7H16N2Si/c1-9(2)7(6-8)10(3,4)5/h7H,1-5H3. The summed E-state index contributed by atoms with van der Waals surface area (Å²) in [4.78, 5) is 2.01. The summed E-state index contributed by atoms with van der Waals surface area (Å²) in [7, 11) is 2.64. The third-order valence-electron chi connectivity index (χ3n) is 1.46. The van der Waals surface area contributed by atoms with Crippen LogP contribution in [0.3, 0.4) is 0 Å². The van der Waals surface area contributed by atoms with Gasteiger partial charge >= 0.3 is 0 Å². The van der Waals surface area contributed by atoms with Crippen LogP contribution in [0.5, 0.6) is 0 Å². The van der Waals surface area contributed by atoms with Crippen LogP contribution in [0, 0.1) is 11.3 Å². The van der Waals surface area contributed by atoms with Gasteiger partial charge in [-0.2, -0.15) is 5.26 Å². The number of nitrogens with zero attached hydrogens (tertiary/aromatic N) is 2. The topological polar surface area (TPSA) is 27.0 Å². The average Bonchev–Trinajstić information content (AvgIpc) is 1.60. The van der Waals surface area contributed by atoms with Crippen molar-refractivity contribution in [3.63, 3.8) is 0 Å². The highest BCUT2D eigenvalue weighted by Crippen LogP contribution is 2.10. The Morgan fingerprint density at radius 1 is 1.30 bits per heavy atom. The highest BCUT2D eigenvalue weighted by Gasteiger charge is 2.27. The lowest BCUT2D eigenvalue weighted by atomic mass is 10.6. The summed E-state index contributed by atoms with van der Waals surface area (Å²) in [6, 6.07) is 2.33. The van der Waals surface area contributed by atoms with Crippen LogP contribution >= 0.6 is 0 Å². The Morgan fingerprint density at radius 3 is 1.70 bits per heavy atom. The van der Waals surface area contributed by atoms with Crippen LogP contribution in [-0.4, -0.2) is 32.7 Å². The van der Waals surface area contributed by atoms with Crippen molar-refractivity contribution in [2.75, 3.05) is 14.1 Å². The lowest BCUT2D eigenvalue weighted by molar-refractivity contribution is 0.416. The summed E-state index contributed by atoms with van der Waals surface area (Å²) in [5.41, 5.74) is 0.146. The first-order valence-corrected chi connectivity index (χ1v) is 7.03. The van der Waals surface area contributed by atoms with Crippen molar-refractivity contribution in [2.45, 2.75) is 25.3 Å². The van der Waals surface area contributed by atoms with E-state index in [9.17, 15) is 0 Å². The highest BCUT2D eigenvalue weighted by molar-refractivity contribution is 6.78. The molecule has 0 fully saturated rings. The van der Waals surface area contributed by atoms with Gasteiger partial charge in [-0.1, -0.05) is 19.6 Å². The molecule has 0 saturated carbocycles. The minimum Gasteiger partial charge on any atom is -0.297 e. The van der Waals surface area contributed by atoms with Crippen molar-refractivity contribution >= 4 is 8.07 Å². The molecule has 3 heteroatoms. The molecule has 0 aromatic rings. The zero-order valence-electron chi connectivity index (χ0n) is 7.47. The molecule has 0 aliphatic carbocycles. The van der Waals surface area contributed by atoms with Crippen LogP contribution in [0.2, 0.25) is 19.6 Å². The maximum atomic E-state index is 8.78. The van der Waals surface area contributed by atoms with E-state index in [0.717, 1.165) is 0 Å². The lowest BCUT2D eigenvalue weighted by Gasteiger charge is -2.28. The quantitative estimate of drug-likeness (QED) is 0.564. The number of nitriles is 1. The maximum Gasteiger partial charge on any atom is 0.0866 e. The number of hydrogen-bond acceptors (Lipinski definition) is 2. The van der Waals surface area contributed by atoms with Crippen LogP contribution in [0.4, 0.5) is 0 Å². The Labute approximate surface area is 64.5 Å². The molecule has 0 saturated heterocycles. The van der Waals surface area contributed by atoms with Gasteiger partial charge in [-0.05, 0) is 14.1 Å². The average molecular weight is 156 g/mol. The molecule has 58 valence electrons. The van der Waals surface area contributed by atoms with Crippen molar-refractivity contribution in [3.05, 3.63) is 0 Å². The molecule has 0 rings (SSSR count). The third kappa shape index (κ3) is 2.50. The molecule has 10 heavy (non-hydrogen) atoms. The second-order valence-corrected chi connectivity index (χ2v) is 9.14. The molecule has 0 bridgehead atoms. The summed E-state index contributed by atoms with van der Waals surface area (Å²) in [6.45, 7) is 6.63. The molecule has 0 aliphatic rings. The molecule has 0 radical (unpaired) electrons. The predicted molar refractivity (Wildman–Crippen MR) is 46.4 cm³/mol. The van der Waals surface area contributed by atoms with Gasteiger partial charge in [-0.3, -0.25) is 4.90 Å². The summed E-state index contributed by atoms with van der Waals surface area (Å²) >= 11 is 0. The van der Waals surface area contributed by atoms with Gasteiger partial charge in [0.2, 0.25) is 0 Å². The van der Waals surface area contributed by atoms with E-state index in [0.29, 0.717) is 0 Å². The molecule has 0 spiro atoms. The molecule has 1 unspecified atom stereocenters. The second kappa shape index (κ2) is 3.18. The van der Waals surface area contributed by atoms with Crippen molar-refractivity contribution in [2.24, 2.45) is 0 Å². The van der Waals surface area contributed by atoms with Crippen LogP contribution in [0.15, 0.2) is 0 Å². The second-order valence-electron chi connectivity index (χ2n) is 3.86. The third-order valence-corrected chi connectivity index (χ3v) is 3.75. The van der Waals surface area contributed by atoms with E-state index in [1.54, 1.807) is 0 Å². The van der Waals surface area contributed by atoms with E-state index in [-0.39, 0.29) is 5.67 Å². The van der Waals surface area contributed by atoms with Crippen LogP contribution in [0.1, 0.15) is 0 Å². The molecule has 0 N–H and O–H groups in total. The summed E-state index contributed by atoms with van der Waals surface area (Å²) in [6.07, 6.45) is 0. The minimum absolute atomic E-state index is 0.146. The van der Waals surface area contributed by atoms with Gasteiger partial charge in [0.1, 0.15) is 0 Å². The zero-order chi connectivity index (χ0) is 8.36. The van der Waals surface area contributed by atoms with Gasteiger partial charge in [-0.15, -0.1) is 0 Å². The first-order valence-electron chi connectivity index (χ1n) is 3.45. The van der Waals surface area contributed by atoms with E-state index in [1.807, 2.05) is 19.0 Å². The van der Waals surface area contributed by atoms with Gasteiger partial charge < -0.3 is 0 Å². The Kier molecular flexibility index (Phi) is 3.07. The summed E-state index contributed by atoms with van der Waals surface area (Å²) < 4.78 is 0. The number of rotatable bonds is 2. The van der Waals surface area contributed by atoms with Crippen molar-refractivity contribution in [3.8, 4) is 6.07 Å². The predicted octanol–water partition coefficient (Wildman–Crippen LogP) is 1.32. The first-order chi connectivity index (χ1) is 4.39. The van der Waals surface area contributed by atoms with E-state index < -0.39 is 8.07 Å². The van der Waals surface area contributed by atoms with Gasteiger partial charge in [0, 0.05) is 0 Å². The van der Waals surface area contributed by atoms with Gasteiger partial charge in [0.05, 0.1) is 19.8 Å². The Bertz CT molecular complexity index is 141. The van der Waals surface area contributed by atoms with Crippen LogP contribution in [0.25, 0.3) is 0 Å². The van der Waals surface area contributed by atoms with Crippen molar-refractivity contribution < 1.29 is 0 Å². The SMILES string of the molecule is CN(C)C(C#N)[Si](C)(C)C. The van der Waals surface area contributed by atoms with E-state index in [2.05, 4.69) is 25.7 Å². The van der Waals surface area contributed by atoms with Crippen molar-refractivity contribution in [1.82, 2.24) is 4.90 Å². The molecular weight excluding hydrogens is 140 g/mol. The Balaban J connectivity index is 4.26. The monoisotopic (exact) mass is 156 g/mol. The largest absolute Gasteiger partial charge is 0.297 e. The molecular formula is C7H16N2Si. The fraction of sp³-hybridized carbons (Fsp3) is 0.857. The zero-order valence-corrected chi connectivity index (χ0v) is 8.47. The highest BCUT2D eigenvalue weighted by atomic mass is 28.3. The van der Waals surface area contributed by atoms with Crippen LogP contribution in [-0.2, 0) is 0 Å². The smallest absolute Gasteiger partial charge is 0.0866 e. The van der Waals surface area contributed by atoms with Crippen molar-refractivity contribution in [1.29, 1.82) is 5.26 Å². The molecule has 1 atom stereocenters. The van der Waals surface area contributed by atoms with Gasteiger partial charge in [0.25, 0.3) is 0 Å². The summed E-state index contributed by atoms with van der Waals surface area (Å²) in [5, 5.41) is 8.78. The number of hydrogen-bond donors (Lipinski definition) is 0. The molecule has 0 aliphatic heterocycles. The fourth-order valence-electron chi connectivity index (χ4n) is 1.08. The Hall–Kier alpha value is -0.333. The van der Waals surface area contributed by atoms with E-state index >= 15 is 0 Å². The molecule has 0 aromatic carbocycles. The normalized spacial score (nSPS) is 14.9. The Morgan fingerprint density at radius 2 is 1.70 bits per heavy atom. The summed E-state index contributed by atoms with van der Waals surface area (Å²) in [5.74, 6) is 0. The fourth-order valence-corrected chi connectivity index (χ4v) is 3.02. The van der Waals surface area contributed by atoms with Crippen LogP contribution < -0.4 is 0 Å². The van der Waals surface area contributed by atoms with E-state index in [4.69, 9.17) is 5.26 Å². The molecule has 2 nitrogen and oxygen atoms in total. The first kappa shape index (κ1) is 9.67. The lowest BCUT2D eigenvalue weighted by Crippen LogP contribution is -2.46. The maximum absolute atomic E-state index is 8.78. The molecule has 0 amide bonds.